The Morgan fingerprint density at radius 2 is 2.08 bits per heavy atom. The largest absolute Gasteiger partial charge is 0.490 e. The molecule has 5 N–H and O–H groups in total. The van der Waals surface area contributed by atoms with Gasteiger partial charge in [0.2, 0.25) is 0 Å². The third-order valence-electron chi connectivity index (χ3n) is 5.75. The van der Waals surface area contributed by atoms with Crippen molar-refractivity contribution < 1.29 is 13.9 Å². The van der Waals surface area contributed by atoms with Gasteiger partial charge in [-0.15, -0.1) is 9.78 Å². The number of halogens is 1. The number of allylic oxidation sites excluding steroid dienone is 2. The summed E-state index contributed by atoms with van der Waals surface area (Å²) in [5, 5.41) is 15.7. The number of benzene rings is 1. The van der Waals surface area contributed by atoms with Crippen molar-refractivity contribution in [1.82, 2.24) is 30.0 Å². The Morgan fingerprint density at radius 1 is 1.30 bits per heavy atom. The summed E-state index contributed by atoms with van der Waals surface area (Å²) in [6.45, 7) is 3.47. The van der Waals surface area contributed by atoms with Gasteiger partial charge in [0.15, 0.2) is 17.3 Å². The fourth-order valence-corrected chi connectivity index (χ4v) is 4.03. The van der Waals surface area contributed by atoms with Crippen LogP contribution in [0.5, 0.6) is 11.5 Å². The Morgan fingerprint density at radius 3 is 2.76 bits per heavy atom. The van der Waals surface area contributed by atoms with Crippen LogP contribution >= 0.6 is 0 Å². The molecular formula is C25H29FN8O3. The number of hydrogen-bond donors (Lipinski definition) is 4. The predicted molar refractivity (Wildman–Crippen MR) is 136 cm³/mol. The van der Waals surface area contributed by atoms with E-state index in [9.17, 15) is 9.18 Å². The number of nitrogens with two attached hydrogens (primary N) is 1. The van der Waals surface area contributed by atoms with Crippen LogP contribution in [0.15, 0.2) is 65.4 Å². The van der Waals surface area contributed by atoms with Gasteiger partial charge in [0.25, 0.3) is 5.95 Å². The number of hydrogen-bond acceptors (Lipinski definition) is 8. The monoisotopic (exact) mass is 508 g/mol. The molecule has 1 aromatic carbocycles. The molecule has 37 heavy (non-hydrogen) atoms. The molecule has 0 spiro atoms. The predicted octanol–water partition coefficient (Wildman–Crippen LogP) is 2.42. The topological polar surface area (TPSA) is 157 Å². The van der Waals surface area contributed by atoms with Crippen LogP contribution in [0, 0.1) is 17.2 Å². The van der Waals surface area contributed by atoms with Gasteiger partial charge >= 0.3 is 5.69 Å². The lowest BCUT2D eigenvalue weighted by molar-refractivity contribution is 0.251. The Hall–Kier alpha value is -4.48. The van der Waals surface area contributed by atoms with Crippen LogP contribution in [-0.2, 0) is 0 Å². The molecule has 3 unspecified atom stereocenters. The second-order valence-corrected chi connectivity index (χ2v) is 8.35. The van der Waals surface area contributed by atoms with E-state index in [0.717, 1.165) is 10.4 Å². The van der Waals surface area contributed by atoms with Crippen molar-refractivity contribution in [2.75, 3.05) is 19.9 Å². The van der Waals surface area contributed by atoms with Crippen LogP contribution in [0.4, 0.5) is 4.39 Å². The number of nitrogens with one attached hydrogen (secondary N) is 3. The molecule has 1 aliphatic carbocycles. The molecule has 0 saturated carbocycles. The van der Waals surface area contributed by atoms with Crippen LogP contribution in [0.25, 0.3) is 5.95 Å². The highest BCUT2D eigenvalue weighted by Gasteiger charge is 2.25. The first-order valence-electron chi connectivity index (χ1n) is 11.8. The molecule has 3 atom stereocenters. The third kappa shape index (κ3) is 5.85. The zero-order valence-electron chi connectivity index (χ0n) is 20.5. The second-order valence-electron chi connectivity index (χ2n) is 8.35. The number of H-pyrrole nitrogens is 1. The van der Waals surface area contributed by atoms with Crippen molar-refractivity contribution >= 4 is 5.84 Å². The van der Waals surface area contributed by atoms with E-state index in [1.54, 1.807) is 24.3 Å². The zero-order chi connectivity index (χ0) is 26.4. The highest BCUT2D eigenvalue weighted by molar-refractivity contribution is 5.82. The van der Waals surface area contributed by atoms with Gasteiger partial charge in [-0.3, -0.25) is 10.4 Å². The Kier molecular flexibility index (Phi) is 7.96. The number of aromatic amines is 1. The minimum absolute atomic E-state index is 0.0181. The minimum atomic E-state index is -0.627. The van der Waals surface area contributed by atoms with Crippen LogP contribution < -0.4 is 26.2 Å². The van der Waals surface area contributed by atoms with Gasteiger partial charge in [0.1, 0.15) is 19.3 Å². The van der Waals surface area contributed by atoms with E-state index in [4.69, 9.17) is 20.6 Å². The molecule has 194 valence electrons. The van der Waals surface area contributed by atoms with Crippen molar-refractivity contribution in [3.05, 3.63) is 82.5 Å². The number of nitrogens with zero attached hydrogens (tertiary/aromatic N) is 4. The SMILES string of the molecule is CCOc1cc(C(NC2=CC(C)C(C(=N)N)C=C2)c2nn(-c3ncccn3)c(=O)[nH]2)ccc1OCCF. The van der Waals surface area contributed by atoms with E-state index in [1.165, 1.54) is 12.4 Å². The lowest BCUT2D eigenvalue weighted by Crippen LogP contribution is -2.30. The standard InChI is InChI=1S/C25H29FN8O3/c1-3-36-20-14-16(5-8-19(20)37-12-9-26)21(31-17-6-7-18(22(27)28)15(2)13-17)23-32-25(35)34(33-23)24-29-10-4-11-30-24/h4-8,10-11,13-15,18,21,31H,3,9,12H2,1-2H3,(H3,27,28)(H,32,33,35). The van der Waals surface area contributed by atoms with E-state index in [0.29, 0.717) is 29.5 Å². The van der Waals surface area contributed by atoms with Crippen molar-refractivity contribution in [3.8, 4) is 17.4 Å². The lowest BCUT2D eigenvalue weighted by atomic mass is 9.88. The van der Waals surface area contributed by atoms with E-state index in [2.05, 4.69) is 25.4 Å². The fourth-order valence-electron chi connectivity index (χ4n) is 4.03. The van der Waals surface area contributed by atoms with Crippen LogP contribution in [0.3, 0.4) is 0 Å². The Balaban J connectivity index is 1.75. The average Bonchev–Trinajstić information content (AvgIpc) is 3.28. The van der Waals surface area contributed by atoms with Crippen LogP contribution in [0.2, 0.25) is 0 Å². The molecule has 0 amide bonds. The third-order valence-corrected chi connectivity index (χ3v) is 5.75. The van der Waals surface area contributed by atoms with E-state index in [1.807, 2.05) is 32.1 Å². The van der Waals surface area contributed by atoms with E-state index in [-0.39, 0.29) is 30.2 Å². The molecule has 2 heterocycles. The van der Waals surface area contributed by atoms with Gasteiger partial charge in [0.05, 0.1) is 12.4 Å². The quantitative estimate of drug-likeness (QED) is 0.227. The van der Waals surface area contributed by atoms with Crippen molar-refractivity contribution in [1.29, 1.82) is 5.41 Å². The van der Waals surface area contributed by atoms with Gasteiger partial charge in [0, 0.05) is 24.0 Å². The van der Waals surface area contributed by atoms with Crippen molar-refractivity contribution in [2.24, 2.45) is 17.6 Å². The summed E-state index contributed by atoms with van der Waals surface area (Å²) >= 11 is 0. The molecule has 0 fully saturated rings. The van der Waals surface area contributed by atoms with Gasteiger partial charge in [-0.25, -0.2) is 19.2 Å². The van der Waals surface area contributed by atoms with Crippen molar-refractivity contribution in [3.63, 3.8) is 0 Å². The molecule has 11 nitrogen and oxygen atoms in total. The Bertz CT molecular complexity index is 1350. The molecule has 3 aromatic rings. The molecule has 0 aliphatic heterocycles. The van der Waals surface area contributed by atoms with E-state index >= 15 is 0 Å². The Labute approximate surface area is 212 Å². The number of aromatic nitrogens is 5. The lowest BCUT2D eigenvalue weighted by Gasteiger charge is -2.25. The fraction of sp³-hybridized carbons (Fsp3) is 0.320. The summed E-state index contributed by atoms with van der Waals surface area (Å²) in [5.74, 6) is 1.17. The first-order chi connectivity index (χ1) is 17.9. The maximum atomic E-state index is 12.8. The van der Waals surface area contributed by atoms with Gasteiger partial charge < -0.3 is 20.5 Å². The molecule has 0 saturated heterocycles. The molecule has 4 rings (SSSR count). The summed E-state index contributed by atoms with van der Waals surface area (Å²) < 4.78 is 25.0. The maximum Gasteiger partial charge on any atom is 0.350 e. The molecule has 2 aromatic heterocycles. The average molecular weight is 509 g/mol. The minimum Gasteiger partial charge on any atom is -0.490 e. The first-order valence-corrected chi connectivity index (χ1v) is 11.8. The molecule has 0 radical (unpaired) electrons. The smallest absolute Gasteiger partial charge is 0.350 e. The van der Waals surface area contributed by atoms with Gasteiger partial charge in [-0.05, 0) is 42.7 Å². The van der Waals surface area contributed by atoms with Gasteiger partial charge in [-0.2, -0.15) is 0 Å². The first kappa shape index (κ1) is 25.6. The highest BCUT2D eigenvalue weighted by Crippen LogP contribution is 2.33. The maximum absolute atomic E-state index is 12.8. The highest BCUT2D eigenvalue weighted by atomic mass is 19.1. The summed E-state index contributed by atoms with van der Waals surface area (Å²) in [4.78, 5) is 23.8. The van der Waals surface area contributed by atoms with Crippen molar-refractivity contribution in [2.45, 2.75) is 19.9 Å². The number of alkyl halides is 1. The molecule has 1 aliphatic rings. The number of amidine groups is 1. The summed E-state index contributed by atoms with van der Waals surface area (Å²) in [6, 6.07) is 6.27. The second kappa shape index (κ2) is 11.5. The summed E-state index contributed by atoms with van der Waals surface area (Å²) in [7, 11) is 0. The molecule has 0 bridgehead atoms. The normalized spacial score (nSPS) is 17.6. The van der Waals surface area contributed by atoms with E-state index < -0.39 is 18.4 Å². The summed E-state index contributed by atoms with van der Waals surface area (Å²) in [5.41, 5.74) is 6.69. The van der Waals surface area contributed by atoms with Gasteiger partial charge in [-0.1, -0.05) is 25.1 Å². The van der Waals surface area contributed by atoms with Crippen LogP contribution in [-0.4, -0.2) is 50.5 Å². The number of rotatable bonds is 11. The summed E-state index contributed by atoms with van der Waals surface area (Å²) in [6.07, 6.45) is 8.72. The number of ether oxygens (including phenoxy) is 2. The zero-order valence-corrected chi connectivity index (χ0v) is 20.5. The molecule has 12 heteroatoms. The van der Waals surface area contributed by atoms with Crippen LogP contribution in [0.1, 0.15) is 31.3 Å². The molecular weight excluding hydrogens is 479 g/mol.